The van der Waals surface area contributed by atoms with Crippen molar-refractivity contribution in [1.82, 2.24) is 5.32 Å². The minimum Gasteiger partial charge on any atom is -0.493 e. The molecule has 0 fully saturated rings. The highest BCUT2D eigenvalue weighted by Crippen LogP contribution is 2.34. The number of hydrogen-bond acceptors (Lipinski definition) is 5. The maximum absolute atomic E-state index is 9.37. The van der Waals surface area contributed by atoms with Crippen LogP contribution in [0.25, 0.3) is 0 Å². The quantitative estimate of drug-likeness (QED) is 0.723. The van der Waals surface area contributed by atoms with E-state index in [1.165, 1.54) is 0 Å². The van der Waals surface area contributed by atoms with Gasteiger partial charge in [0.2, 0.25) is 0 Å². The van der Waals surface area contributed by atoms with Gasteiger partial charge in [-0.25, -0.2) is 0 Å². The molecule has 0 aliphatic carbocycles. The van der Waals surface area contributed by atoms with Crippen LogP contribution in [0.4, 0.5) is 0 Å². The minimum absolute atomic E-state index is 0.0952. The van der Waals surface area contributed by atoms with Gasteiger partial charge in [0.15, 0.2) is 11.5 Å². The van der Waals surface area contributed by atoms with E-state index >= 15 is 0 Å². The molecule has 114 valence electrons. The van der Waals surface area contributed by atoms with Crippen molar-refractivity contribution < 1.29 is 14.6 Å². The van der Waals surface area contributed by atoms with Crippen LogP contribution in [0.5, 0.6) is 11.5 Å². The lowest BCUT2D eigenvalue weighted by atomic mass is 10.0. The summed E-state index contributed by atoms with van der Waals surface area (Å²) in [6.07, 6.45) is 2.04. The molecule has 5 heteroatoms. The van der Waals surface area contributed by atoms with Crippen LogP contribution in [0, 0.1) is 5.92 Å². The van der Waals surface area contributed by atoms with Crippen LogP contribution in [-0.2, 0) is 6.54 Å². The van der Waals surface area contributed by atoms with Crippen LogP contribution < -0.4 is 14.8 Å². The Bertz CT molecular complexity index is 424. The van der Waals surface area contributed by atoms with Gasteiger partial charge in [0.1, 0.15) is 0 Å². The van der Waals surface area contributed by atoms with Crippen molar-refractivity contribution in [2.24, 2.45) is 5.92 Å². The molecule has 0 saturated heterocycles. The fraction of sp³-hybridized carbons (Fsp3) is 0.600. The molecule has 0 radical (unpaired) electrons. The second-order valence-corrected chi connectivity index (χ2v) is 5.78. The first-order valence-electron chi connectivity index (χ1n) is 6.70. The molecule has 0 saturated carbocycles. The van der Waals surface area contributed by atoms with Crippen LogP contribution >= 0.6 is 11.8 Å². The number of rotatable bonds is 8. The number of thioether (sulfide) groups is 1. The third-order valence-corrected chi connectivity index (χ3v) is 4.16. The highest BCUT2D eigenvalue weighted by Gasteiger charge is 2.14. The molecule has 0 spiro atoms. The first-order chi connectivity index (χ1) is 9.57. The van der Waals surface area contributed by atoms with Crippen molar-refractivity contribution in [3.05, 3.63) is 17.7 Å². The Labute approximate surface area is 125 Å². The fourth-order valence-electron chi connectivity index (χ4n) is 1.98. The minimum atomic E-state index is 0.0952. The molecule has 0 heterocycles. The van der Waals surface area contributed by atoms with Gasteiger partial charge >= 0.3 is 0 Å². The van der Waals surface area contributed by atoms with Crippen LogP contribution in [-0.4, -0.2) is 38.2 Å². The molecule has 0 aliphatic heterocycles. The summed E-state index contributed by atoms with van der Waals surface area (Å²) in [5, 5.41) is 12.8. The van der Waals surface area contributed by atoms with E-state index < -0.39 is 0 Å². The molecule has 4 nitrogen and oxygen atoms in total. The normalized spacial score (nSPS) is 12.6. The average molecular weight is 299 g/mol. The summed E-state index contributed by atoms with van der Waals surface area (Å²) in [6, 6.07) is 4.08. The zero-order valence-corrected chi connectivity index (χ0v) is 13.7. The summed E-state index contributed by atoms with van der Waals surface area (Å²) in [5.41, 5.74) is 1.15. The van der Waals surface area contributed by atoms with Gasteiger partial charge in [0.25, 0.3) is 0 Å². The molecule has 0 bridgehead atoms. The zero-order chi connectivity index (χ0) is 15.1. The highest BCUT2D eigenvalue weighted by molar-refractivity contribution is 7.98. The van der Waals surface area contributed by atoms with Crippen molar-refractivity contribution in [2.75, 3.05) is 27.1 Å². The summed E-state index contributed by atoms with van der Waals surface area (Å²) in [4.78, 5) is 1.15. The number of methoxy groups -OCH3 is 2. The number of nitrogens with one attached hydrogen (secondary N) is 1. The zero-order valence-electron chi connectivity index (χ0n) is 12.9. The topological polar surface area (TPSA) is 50.7 Å². The van der Waals surface area contributed by atoms with Crippen LogP contribution in [0.15, 0.2) is 17.0 Å². The van der Waals surface area contributed by atoms with Crippen LogP contribution in [0.2, 0.25) is 0 Å². The van der Waals surface area contributed by atoms with Crippen molar-refractivity contribution >= 4 is 11.8 Å². The molecule has 0 aromatic heterocycles. The standard InChI is InChI=1S/C15H25NO3S/c1-10(2)12(9-17)16-8-11-6-13(18-3)14(19-4)7-15(11)20-5/h6-7,10,12,16-17H,8-9H2,1-5H3. The summed E-state index contributed by atoms with van der Waals surface area (Å²) in [7, 11) is 3.28. The van der Waals surface area contributed by atoms with Gasteiger partial charge in [-0.1, -0.05) is 13.8 Å². The second kappa shape index (κ2) is 8.39. The number of aliphatic hydroxyl groups is 1. The Morgan fingerprint density at radius 1 is 1.20 bits per heavy atom. The Balaban J connectivity index is 2.93. The van der Waals surface area contributed by atoms with E-state index in [-0.39, 0.29) is 12.6 Å². The molecule has 0 aliphatic rings. The molecule has 0 amide bonds. The van der Waals surface area contributed by atoms with Gasteiger partial charge < -0.3 is 19.9 Å². The number of ether oxygens (including phenoxy) is 2. The second-order valence-electron chi connectivity index (χ2n) is 4.93. The third-order valence-electron chi connectivity index (χ3n) is 3.34. The number of aliphatic hydroxyl groups excluding tert-OH is 1. The van der Waals surface area contributed by atoms with Gasteiger partial charge in [0, 0.05) is 17.5 Å². The van der Waals surface area contributed by atoms with Crippen molar-refractivity contribution in [1.29, 1.82) is 0 Å². The Morgan fingerprint density at radius 2 is 1.80 bits per heavy atom. The van der Waals surface area contributed by atoms with E-state index in [1.807, 2.05) is 18.4 Å². The first-order valence-corrected chi connectivity index (χ1v) is 7.92. The fourth-order valence-corrected chi connectivity index (χ4v) is 2.60. The summed E-state index contributed by atoms with van der Waals surface area (Å²) >= 11 is 1.67. The van der Waals surface area contributed by atoms with Gasteiger partial charge in [-0.15, -0.1) is 11.8 Å². The monoisotopic (exact) mass is 299 g/mol. The van der Waals surface area contributed by atoms with E-state index in [9.17, 15) is 5.11 Å². The molecular weight excluding hydrogens is 274 g/mol. The Morgan fingerprint density at radius 3 is 2.25 bits per heavy atom. The Kier molecular flexibility index (Phi) is 7.19. The van der Waals surface area contributed by atoms with Gasteiger partial charge in [-0.05, 0) is 29.9 Å². The predicted molar refractivity (Wildman–Crippen MR) is 83.9 cm³/mol. The van der Waals surface area contributed by atoms with Crippen LogP contribution in [0.3, 0.4) is 0 Å². The van der Waals surface area contributed by atoms with Crippen molar-refractivity contribution in [3.8, 4) is 11.5 Å². The van der Waals surface area contributed by atoms with E-state index in [0.717, 1.165) is 22.0 Å². The van der Waals surface area contributed by atoms with E-state index in [0.29, 0.717) is 12.5 Å². The third kappa shape index (κ3) is 4.30. The molecule has 20 heavy (non-hydrogen) atoms. The maximum atomic E-state index is 9.37. The largest absolute Gasteiger partial charge is 0.493 e. The van der Waals surface area contributed by atoms with Crippen molar-refractivity contribution in [2.45, 2.75) is 31.3 Å². The van der Waals surface area contributed by atoms with E-state index in [4.69, 9.17) is 9.47 Å². The average Bonchev–Trinajstić information content (AvgIpc) is 2.46. The SMILES string of the molecule is COc1cc(CNC(CO)C(C)C)c(SC)cc1OC. The number of hydrogen-bond donors (Lipinski definition) is 2. The maximum Gasteiger partial charge on any atom is 0.161 e. The highest BCUT2D eigenvalue weighted by atomic mass is 32.2. The number of benzene rings is 1. The van der Waals surface area contributed by atoms with E-state index in [1.54, 1.807) is 26.0 Å². The van der Waals surface area contributed by atoms with E-state index in [2.05, 4.69) is 19.2 Å². The van der Waals surface area contributed by atoms with Gasteiger partial charge in [-0.3, -0.25) is 0 Å². The Hall–Kier alpha value is -0.910. The first kappa shape index (κ1) is 17.1. The van der Waals surface area contributed by atoms with Crippen LogP contribution in [0.1, 0.15) is 19.4 Å². The lowest BCUT2D eigenvalue weighted by molar-refractivity contribution is 0.210. The molecule has 1 aromatic rings. The van der Waals surface area contributed by atoms with Gasteiger partial charge in [0.05, 0.1) is 20.8 Å². The molecule has 1 atom stereocenters. The molecule has 1 unspecified atom stereocenters. The summed E-state index contributed by atoms with van der Waals surface area (Å²) < 4.78 is 10.7. The van der Waals surface area contributed by atoms with Crippen molar-refractivity contribution in [3.63, 3.8) is 0 Å². The molecular formula is C15H25NO3S. The lowest BCUT2D eigenvalue weighted by Crippen LogP contribution is -2.36. The summed E-state index contributed by atoms with van der Waals surface area (Å²) in [6.45, 7) is 5.02. The molecule has 2 N–H and O–H groups in total. The summed E-state index contributed by atoms with van der Waals surface area (Å²) in [5.74, 6) is 1.85. The smallest absolute Gasteiger partial charge is 0.161 e. The predicted octanol–water partition coefficient (Wildman–Crippen LogP) is 2.53. The lowest BCUT2D eigenvalue weighted by Gasteiger charge is -2.21. The van der Waals surface area contributed by atoms with Gasteiger partial charge in [-0.2, -0.15) is 0 Å². The molecule has 1 aromatic carbocycles. The molecule has 1 rings (SSSR count).